The third-order valence-corrected chi connectivity index (χ3v) is 3.76. The van der Waals surface area contributed by atoms with E-state index in [0.717, 1.165) is 19.6 Å². The third-order valence-electron chi connectivity index (χ3n) is 3.03. The summed E-state index contributed by atoms with van der Waals surface area (Å²) in [5, 5.41) is 20.5. The molecule has 1 N–H and O–H groups in total. The zero-order chi connectivity index (χ0) is 12.5. The van der Waals surface area contributed by atoms with E-state index in [1.165, 1.54) is 11.8 Å². The van der Waals surface area contributed by atoms with Crippen molar-refractivity contribution in [3.05, 3.63) is 34.3 Å². The molecular weight excluding hydrogens is 252 g/mol. The summed E-state index contributed by atoms with van der Waals surface area (Å²) in [6.45, 7) is 2.72. The quantitative estimate of drug-likeness (QED) is 0.895. The van der Waals surface area contributed by atoms with Crippen LogP contribution in [0.15, 0.2) is 23.0 Å². The molecule has 0 atom stereocenters. The van der Waals surface area contributed by atoms with Crippen molar-refractivity contribution in [2.24, 2.45) is 0 Å². The van der Waals surface area contributed by atoms with E-state index < -0.39 is 5.97 Å². The standard InChI is InChI=1S/C11H12N4O2S/c16-11(17)10-6-15(13-12-10)9-4-14(5-9)3-8-1-2-18-7-8/h1-2,6-7,9H,3-5H2,(H,16,17). The second kappa shape index (κ2) is 4.51. The lowest BCUT2D eigenvalue weighted by Crippen LogP contribution is -2.47. The first-order valence-corrected chi connectivity index (χ1v) is 6.55. The Balaban J connectivity index is 1.56. The van der Waals surface area contributed by atoms with Gasteiger partial charge in [0.05, 0.1) is 12.2 Å². The molecule has 3 rings (SSSR count). The molecule has 0 spiro atoms. The number of rotatable bonds is 4. The summed E-state index contributed by atoms with van der Waals surface area (Å²) in [5.74, 6) is -1.03. The fourth-order valence-electron chi connectivity index (χ4n) is 2.03. The van der Waals surface area contributed by atoms with Crippen LogP contribution in [-0.4, -0.2) is 44.1 Å². The average Bonchev–Trinajstić information content (AvgIpc) is 2.94. The van der Waals surface area contributed by atoms with Crippen molar-refractivity contribution in [2.75, 3.05) is 13.1 Å². The normalized spacial score (nSPS) is 16.7. The van der Waals surface area contributed by atoms with Gasteiger partial charge in [-0.15, -0.1) is 5.10 Å². The second-order valence-corrected chi connectivity index (χ2v) is 5.15. The van der Waals surface area contributed by atoms with Crippen LogP contribution < -0.4 is 0 Å². The van der Waals surface area contributed by atoms with Crippen LogP contribution in [0.25, 0.3) is 0 Å². The molecule has 1 saturated heterocycles. The van der Waals surface area contributed by atoms with E-state index in [1.54, 1.807) is 16.0 Å². The van der Waals surface area contributed by atoms with Crippen LogP contribution >= 0.6 is 11.3 Å². The summed E-state index contributed by atoms with van der Waals surface area (Å²) < 4.78 is 1.65. The summed E-state index contributed by atoms with van der Waals surface area (Å²) in [7, 11) is 0. The molecule has 1 aliphatic heterocycles. The van der Waals surface area contributed by atoms with Crippen molar-refractivity contribution in [2.45, 2.75) is 12.6 Å². The maximum atomic E-state index is 10.7. The van der Waals surface area contributed by atoms with Gasteiger partial charge in [-0.25, -0.2) is 9.48 Å². The van der Waals surface area contributed by atoms with Crippen LogP contribution in [0.5, 0.6) is 0 Å². The van der Waals surface area contributed by atoms with Crippen molar-refractivity contribution < 1.29 is 9.90 Å². The molecule has 1 aliphatic rings. The molecular formula is C11H12N4O2S. The molecule has 0 aliphatic carbocycles. The van der Waals surface area contributed by atoms with Crippen molar-refractivity contribution in [3.8, 4) is 0 Å². The molecule has 2 aromatic rings. The van der Waals surface area contributed by atoms with Gasteiger partial charge in [0.1, 0.15) is 0 Å². The molecule has 94 valence electrons. The molecule has 2 aromatic heterocycles. The van der Waals surface area contributed by atoms with Gasteiger partial charge in [0.2, 0.25) is 0 Å². The highest BCUT2D eigenvalue weighted by atomic mass is 32.1. The maximum absolute atomic E-state index is 10.7. The maximum Gasteiger partial charge on any atom is 0.358 e. The molecule has 0 unspecified atom stereocenters. The van der Waals surface area contributed by atoms with Gasteiger partial charge in [0, 0.05) is 19.6 Å². The summed E-state index contributed by atoms with van der Waals surface area (Å²) in [4.78, 5) is 13.0. The van der Waals surface area contributed by atoms with Crippen molar-refractivity contribution in [1.82, 2.24) is 19.9 Å². The van der Waals surface area contributed by atoms with Gasteiger partial charge in [0.25, 0.3) is 0 Å². The highest BCUT2D eigenvalue weighted by Crippen LogP contribution is 2.23. The fraction of sp³-hybridized carbons (Fsp3) is 0.364. The van der Waals surface area contributed by atoms with Gasteiger partial charge < -0.3 is 5.11 Å². The Labute approximate surface area is 107 Å². The lowest BCUT2D eigenvalue weighted by molar-refractivity contribution is 0.0690. The first-order chi connectivity index (χ1) is 8.72. The largest absolute Gasteiger partial charge is 0.476 e. The zero-order valence-electron chi connectivity index (χ0n) is 9.56. The van der Waals surface area contributed by atoms with Crippen LogP contribution in [0.1, 0.15) is 22.1 Å². The highest BCUT2D eigenvalue weighted by molar-refractivity contribution is 7.07. The molecule has 0 bridgehead atoms. The Morgan fingerprint density at radius 1 is 1.56 bits per heavy atom. The fourth-order valence-corrected chi connectivity index (χ4v) is 2.69. The topological polar surface area (TPSA) is 71.2 Å². The Morgan fingerprint density at radius 3 is 3.00 bits per heavy atom. The molecule has 18 heavy (non-hydrogen) atoms. The number of carboxylic acid groups (broad SMARTS) is 1. The summed E-state index contributed by atoms with van der Waals surface area (Å²) in [6, 6.07) is 2.36. The van der Waals surface area contributed by atoms with Gasteiger partial charge in [-0.3, -0.25) is 4.90 Å². The summed E-state index contributed by atoms with van der Waals surface area (Å²) in [6.07, 6.45) is 1.49. The SMILES string of the molecule is O=C(O)c1cn(C2CN(Cc3ccsc3)C2)nn1. The van der Waals surface area contributed by atoms with E-state index in [4.69, 9.17) is 5.11 Å². The minimum absolute atomic E-state index is 0.00582. The number of aromatic carboxylic acids is 1. The van der Waals surface area contributed by atoms with E-state index in [0.29, 0.717) is 0 Å². The minimum Gasteiger partial charge on any atom is -0.476 e. The predicted octanol–water partition coefficient (Wildman–Crippen LogP) is 1.09. The number of hydrogen-bond acceptors (Lipinski definition) is 5. The van der Waals surface area contributed by atoms with E-state index in [-0.39, 0.29) is 11.7 Å². The van der Waals surface area contributed by atoms with Gasteiger partial charge >= 0.3 is 5.97 Å². The van der Waals surface area contributed by atoms with Gasteiger partial charge in [-0.2, -0.15) is 11.3 Å². The lowest BCUT2D eigenvalue weighted by Gasteiger charge is -2.38. The number of thiophene rings is 1. The first kappa shape index (κ1) is 11.4. The Hall–Kier alpha value is -1.73. The molecule has 1 fully saturated rings. The average molecular weight is 264 g/mol. The van der Waals surface area contributed by atoms with Gasteiger partial charge in [-0.1, -0.05) is 5.21 Å². The summed E-state index contributed by atoms with van der Waals surface area (Å²) in [5.41, 5.74) is 1.33. The van der Waals surface area contributed by atoms with Crippen LogP contribution in [0.4, 0.5) is 0 Å². The van der Waals surface area contributed by atoms with Crippen molar-refractivity contribution in [1.29, 1.82) is 0 Å². The van der Waals surface area contributed by atoms with Gasteiger partial charge in [-0.05, 0) is 22.4 Å². The van der Waals surface area contributed by atoms with Crippen molar-refractivity contribution >= 4 is 17.3 Å². The monoisotopic (exact) mass is 264 g/mol. The number of likely N-dealkylation sites (tertiary alicyclic amines) is 1. The number of nitrogens with zero attached hydrogens (tertiary/aromatic N) is 4. The van der Waals surface area contributed by atoms with Crippen molar-refractivity contribution in [3.63, 3.8) is 0 Å². The number of hydrogen-bond donors (Lipinski definition) is 1. The summed E-state index contributed by atoms with van der Waals surface area (Å²) >= 11 is 1.70. The molecule has 3 heterocycles. The Morgan fingerprint density at radius 2 is 2.39 bits per heavy atom. The smallest absolute Gasteiger partial charge is 0.358 e. The zero-order valence-corrected chi connectivity index (χ0v) is 10.4. The Kier molecular flexibility index (Phi) is 2.85. The van der Waals surface area contributed by atoms with Crippen LogP contribution in [0.3, 0.4) is 0 Å². The molecule has 0 radical (unpaired) electrons. The predicted molar refractivity (Wildman–Crippen MR) is 65.6 cm³/mol. The number of carbonyl (C=O) groups is 1. The van der Waals surface area contributed by atoms with Crippen LogP contribution in [-0.2, 0) is 6.54 Å². The molecule has 0 saturated carbocycles. The highest BCUT2D eigenvalue weighted by Gasteiger charge is 2.29. The Bertz CT molecular complexity index is 545. The molecule has 0 aromatic carbocycles. The second-order valence-electron chi connectivity index (χ2n) is 4.37. The van der Waals surface area contributed by atoms with Crippen LogP contribution in [0.2, 0.25) is 0 Å². The van der Waals surface area contributed by atoms with Crippen LogP contribution in [0, 0.1) is 0 Å². The number of carboxylic acids is 1. The van der Waals surface area contributed by atoms with Gasteiger partial charge in [0.15, 0.2) is 5.69 Å². The van der Waals surface area contributed by atoms with E-state index in [2.05, 4.69) is 32.0 Å². The van der Waals surface area contributed by atoms with E-state index in [9.17, 15) is 4.79 Å². The first-order valence-electron chi connectivity index (χ1n) is 5.61. The third kappa shape index (κ3) is 2.14. The van der Waals surface area contributed by atoms with E-state index >= 15 is 0 Å². The molecule has 0 amide bonds. The van der Waals surface area contributed by atoms with E-state index in [1.807, 2.05) is 0 Å². The molecule has 6 nitrogen and oxygen atoms in total. The lowest BCUT2D eigenvalue weighted by atomic mass is 10.1. The molecule has 7 heteroatoms. The number of aromatic nitrogens is 3. The minimum atomic E-state index is -1.03.